The van der Waals surface area contributed by atoms with Crippen LogP contribution in [0, 0.1) is 5.92 Å². The lowest BCUT2D eigenvalue weighted by Gasteiger charge is -2.36. The van der Waals surface area contributed by atoms with Crippen molar-refractivity contribution in [1.29, 1.82) is 0 Å². The van der Waals surface area contributed by atoms with Crippen LogP contribution in [0.3, 0.4) is 0 Å². The lowest BCUT2D eigenvalue weighted by Crippen LogP contribution is -2.41. The van der Waals surface area contributed by atoms with Gasteiger partial charge in [0, 0.05) is 32.1 Å². The normalized spacial score (nSPS) is 13.9. The van der Waals surface area contributed by atoms with Crippen LogP contribution < -0.4 is 5.32 Å². The lowest BCUT2D eigenvalue weighted by molar-refractivity contribution is -0.146. The van der Waals surface area contributed by atoms with Gasteiger partial charge in [0.1, 0.15) is 13.2 Å². The van der Waals surface area contributed by atoms with Crippen LogP contribution >= 0.6 is 0 Å². The van der Waals surface area contributed by atoms with Gasteiger partial charge in [0.15, 0.2) is 0 Å². The van der Waals surface area contributed by atoms with Crippen molar-refractivity contribution in [3.63, 3.8) is 0 Å². The number of ether oxygens (including phenoxy) is 1. The topological polar surface area (TPSA) is 119 Å². The monoisotopic (exact) mass is 472 g/mol. The number of aliphatic hydroxyl groups excluding tert-OH is 2. The number of piperidine rings is 1. The smallest absolute Gasteiger partial charge is 0.329 e. The molecule has 2 aromatic carbocycles. The standard InChI is InChI=1S/C22H25NO4.C4H11NO2/c24-20(15-27-16-21(25)26)23-13-11-19(12-14-23)22(17-7-3-1-4-8-17)18-9-5-2-6-10-18;6-3-1-5-2-4-7/h1-10,19,22H,11-16H2,(H,25,26);5-7H,1-4H2. The van der Waals surface area contributed by atoms with E-state index in [0.29, 0.717) is 38.0 Å². The largest absolute Gasteiger partial charge is 0.480 e. The van der Waals surface area contributed by atoms with Crippen LogP contribution in [0.1, 0.15) is 29.9 Å². The summed E-state index contributed by atoms with van der Waals surface area (Å²) in [7, 11) is 0. The quantitative estimate of drug-likeness (QED) is 0.368. The predicted molar refractivity (Wildman–Crippen MR) is 130 cm³/mol. The zero-order valence-corrected chi connectivity index (χ0v) is 19.5. The average molecular weight is 473 g/mol. The van der Waals surface area contributed by atoms with Gasteiger partial charge in [-0.05, 0) is 29.9 Å². The second-order valence-electron chi connectivity index (χ2n) is 8.10. The number of hydrogen-bond donors (Lipinski definition) is 4. The lowest BCUT2D eigenvalue weighted by atomic mass is 9.76. The first-order valence-corrected chi connectivity index (χ1v) is 11.7. The summed E-state index contributed by atoms with van der Waals surface area (Å²) in [4.78, 5) is 24.5. The van der Waals surface area contributed by atoms with E-state index in [9.17, 15) is 9.59 Å². The molecule has 0 unspecified atom stereocenters. The van der Waals surface area contributed by atoms with Crippen LogP contribution in [0.5, 0.6) is 0 Å². The molecule has 1 aliphatic heterocycles. The van der Waals surface area contributed by atoms with E-state index in [1.807, 2.05) is 12.1 Å². The van der Waals surface area contributed by atoms with Gasteiger partial charge in [-0.1, -0.05) is 60.7 Å². The fourth-order valence-electron chi connectivity index (χ4n) is 4.14. The number of carbonyl (C=O) groups is 2. The van der Waals surface area contributed by atoms with Crippen LogP contribution in [0.2, 0.25) is 0 Å². The summed E-state index contributed by atoms with van der Waals surface area (Å²) in [5, 5.41) is 27.7. The Morgan fingerprint density at radius 3 is 1.82 bits per heavy atom. The predicted octanol–water partition coefficient (Wildman–Crippen LogP) is 1.72. The summed E-state index contributed by atoms with van der Waals surface area (Å²) >= 11 is 0. The Labute approximate surface area is 201 Å². The molecular formula is C26H36N2O6. The Morgan fingerprint density at radius 1 is 0.882 bits per heavy atom. The van der Waals surface area contributed by atoms with Crippen molar-refractivity contribution in [2.75, 3.05) is 52.6 Å². The molecule has 2 aromatic rings. The van der Waals surface area contributed by atoms with Crippen LogP contribution in [-0.2, 0) is 14.3 Å². The van der Waals surface area contributed by atoms with Gasteiger partial charge in [0.2, 0.25) is 5.91 Å². The zero-order valence-electron chi connectivity index (χ0n) is 19.5. The molecule has 34 heavy (non-hydrogen) atoms. The van der Waals surface area contributed by atoms with E-state index in [2.05, 4.69) is 53.8 Å². The first-order valence-electron chi connectivity index (χ1n) is 11.7. The van der Waals surface area contributed by atoms with Crippen molar-refractivity contribution in [2.45, 2.75) is 18.8 Å². The minimum atomic E-state index is -1.06. The number of nitrogens with one attached hydrogen (secondary N) is 1. The third kappa shape index (κ3) is 9.61. The molecule has 1 amide bonds. The Morgan fingerprint density at radius 2 is 1.38 bits per heavy atom. The highest BCUT2D eigenvalue weighted by molar-refractivity contribution is 5.78. The minimum absolute atomic E-state index is 0.134. The Balaban J connectivity index is 0.000000509. The van der Waals surface area contributed by atoms with Gasteiger partial charge in [-0.2, -0.15) is 0 Å². The van der Waals surface area contributed by atoms with E-state index in [-0.39, 0.29) is 25.7 Å². The number of benzene rings is 2. The zero-order chi connectivity index (χ0) is 24.6. The van der Waals surface area contributed by atoms with Gasteiger partial charge in [-0.15, -0.1) is 0 Å². The van der Waals surface area contributed by atoms with Crippen molar-refractivity contribution in [2.24, 2.45) is 5.92 Å². The number of hydrogen-bond acceptors (Lipinski definition) is 6. The number of amides is 1. The van der Waals surface area contributed by atoms with E-state index in [4.69, 9.17) is 20.1 Å². The van der Waals surface area contributed by atoms with Crippen molar-refractivity contribution < 1.29 is 29.6 Å². The van der Waals surface area contributed by atoms with E-state index in [1.165, 1.54) is 11.1 Å². The molecule has 0 radical (unpaired) electrons. The number of aliphatic hydroxyl groups is 2. The fourth-order valence-corrected chi connectivity index (χ4v) is 4.14. The van der Waals surface area contributed by atoms with Crippen LogP contribution in [0.4, 0.5) is 0 Å². The molecule has 8 heteroatoms. The molecular weight excluding hydrogens is 436 g/mol. The van der Waals surface area contributed by atoms with Gasteiger partial charge in [0.05, 0.1) is 13.2 Å². The summed E-state index contributed by atoms with van der Waals surface area (Å²) in [6, 6.07) is 21.1. The summed E-state index contributed by atoms with van der Waals surface area (Å²) in [6.07, 6.45) is 1.83. The molecule has 0 atom stereocenters. The number of carbonyl (C=O) groups excluding carboxylic acids is 1. The van der Waals surface area contributed by atoms with Gasteiger partial charge < -0.3 is 30.3 Å². The molecule has 3 rings (SSSR count). The van der Waals surface area contributed by atoms with E-state index in [1.54, 1.807) is 4.90 Å². The summed E-state index contributed by atoms with van der Waals surface area (Å²) in [6.45, 7) is 2.16. The van der Waals surface area contributed by atoms with E-state index >= 15 is 0 Å². The van der Waals surface area contributed by atoms with Gasteiger partial charge in [-0.25, -0.2) is 4.79 Å². The van der Waals surface area contributed by atoms with Gasteiger partial charge in [0.25, 0.3) is 0 Å². The van der Waals surface area contributed by atoms with Crippen molar-refractivity contribution in [3.05, 3.63) is 71.8 Å². The molecule has 0 spiro atoms. The molecule has 1 fully saturated rings. The summed E-state index contributed by atoms with van der Waals surface area (Å²) in [5.41, 5.74) is 2.61. The van der Waals surface area contributed by atoms with Crippen molar-refractivity contribution in [3.8, 4) is 0 Å². The van der Waals surface area contributed by atoms with E-state index < -0.39 is 12.6 Å². The number of rotatable bonds is 11. The first-order chi connectivity index (χ1) is 16.6. The van der Waals surface area contributed by atoms with Crippen molar-refractivity contribution >= 4 is 11.9 Å². The molecule has 0 bridgehead atoms. The average Bonchev–Trinajstić information content (AvgIpc) is 2.86. The minimum Gasteiger partial charge on any atom is -0.480 e. The van der Waals surface area contributed by atoms with Crippen molar-refractivity contribution in [1.82, 2.24) is 10.2 Å². The summed E-state index contributed by atoms with van der Waals surface area (Å²) < 4.78 is 4.93. The highest BCUT2D eigenvalue weighted by Crippen LogP contribution is 2.37. The van der Waals surface area contributed by atoms with Crippen LogP contribution in [-0.4, -0.2) is 84.7 Å². The molecule has 1 saturated heterocycles. The van der Waals surface area contributed by atoms with Crippen LogP contribution in [0.15, 0.2) is 60.7 Å². The Hall–Kier alpha value is -2.78. The second kappa shape index (κ2) is 16.0. The maximum Gasteiger partial charge on any atom is 0.329 e. The maximum absolute atomic E-state index is 12.2. The molecule has 186 valence electrons. The molecule has 0 aliphatic carbocycles. The second-order valence-corrected chi connectivity index (χ2v) is 8.10. The number of likely N-dealkylation sites (tertiary alicyclic amines) is 1. The first kappa shape index (κ1) is 27.5. The molecule has 0 aromatic heterocycles. The Bertz CT molecular complexity index is 782. The molecule has 4 N–H and O–H groups in total. The third-order valence-corrected chi connectivity index (χ3v) is 5.71. The fraction of sp³-hybridized carbons (Fsp3) is 0.462. The Kier molecular flexibility index (Phi) is 12.9. The van der Waals surface area contributed by atoms with Gasteiger partial charge >= 0.3 is 5.97 Å². The molecule has 1 aliphatic rings. The number of carboxylic acids is 1. The van der Waals surface area contributed by atoms with E-state index in [0.717, 1.165) is 12.8 Å². The molecule has 1 heterocycles. The van der Waals surface area contributed by atoms with Crippen LogP contribution in [0.25, 0.3) is 0 Å². The molecule has 0 saturated carbocycles. The third-order valence-electron chi connectivity index (χ3n) is 5.71. The highest BCUT2D eigenvalue weighted by atomic mass is 16.5. The number of carboxylic acid groups (broad SMARTS) is 1. The number of aliphatic carboxylic acids is 1. The highest BCUT2D eigenvalue weighted by Gasteiger charge is 2.30. The van der Waals surface area contributed by atoms with Gasteiger partial charge in [-0.3, -0.25) is 4.79 Å². The maximum atomic E-state index is 12.2. The molecule has 8 nitrogen and oxygen atoms in total. The summed E-state index contributed by atoms with van der Waals surface area (Å²) in [5.74, 6) is -0.424. The number of nitrogens with zero attached hydrogens (tertiary/aromatic N) is 1. The SMILES string of the molecule is O=C(O)COCC(=O)N1CCC(C(c2ccccc2)c2ccccc2)CC1.OCCNCCO.